The molecule has 9 rings (SSSR count). The van der Waals surface area contributed by atoms with Gasteiger partial charge in [0, 0.05) is 56.8 Å². The number of nitrogens with zero attached hydrogens (tertiary/aromatic N) is 4. The Morgan fingerprint density at radius 3 is 2.33 bits per heavy atom. The van der Waals surface area contributed by atoms with Crippen molar-refractivity contribution in [1.29, 1.82) is 0 Å². The lowest BCUT2D eigenvalue weighted by molar-refractivity contribution is 0.282. The van der Waals surface area contributed by atoms with Crippen molar-refractivity contribution in [2.45, 2.75) is 56.5 Å². The monoisotopic (exact) mass is 593 g/mol. The first-order chi connectivity index (χ1) is 23.1. The van der Waals surface area contributed by atoms with Crippen LogP contribution in [0.15, 0.2) is 109 Å². The van der Waals surface area contributed by atoms with Gasteiger partial charge in [-0.05, 0) is 78.0 Å². The number of aromatic nitrogens is 2. The Kier molecular flexibility index (Phi) is 5.11. The van der Waals surface area contributed by atoms with Gasteiger partial charge in [0.1, 0.15) is 17.3 Å². The van der Waals surface area contributed by atoms with Gasteiger partial charge in [-0.15, -0.1) is 0 Å². The molecule has 224 valence electrons. The first-order valence-corrected chi connectivity index (χ1v) is 16.0. The van der Waals surface area contributed by atoms with Crippen molar-refractivity contribution >= 4 is 27.5 Å². The van der Waals surface area contributed by atoms with Crippen molar-refractivity contribution in [1.82, 2.24) is 14.5 Å². The standard InChI is InChI=1S/C40H38N4O/c1-40(2,3)25-18-19-41-37(20-25)44-35-15-8-7-14-31(35)32-17-16-28(22-36(32)44)45-27-11-9-10-26(21-27)43-24-42(4)38-33-23-34(39(38)43)30-13-6-5-12-29(30)33/h5-22,33-34,38-39H,23-24H2,1-4H3/t33-,34+,38?,39?/m0/s1/i4D3. The van der Waals surface area contributed by atoms with Crippen LogP contribution >= 0.6 is 0 Å². The fraction of sp³-hybridized carbons (Fsp3) is 0.275. The van der Waals surface area contributed by atoms with E-state index < -0.39 is 6.98 Å². The number of anilines is 1. The summed E-state index contributed by atoms with van der Waals surface area (Å²) < 4.78 is 34.1. The van der Waals surface area contributed by atoms with Crippen LogP contribution in [-0.2, 0) is 5.41 Å². The molecule has 3 heterocycles. The highest BCUT2D eigenvalue weighted by Gasteiger charge is 2.57. The van der Waals surface area contributed by atoms with Crippen LogP contribution in [0.4, 0.5) is 5.69 Å². The lowest BCUT2D eigenvalue weighted by Gasteiger charge is -2.34. The predicted octanol–water partition coefficient (Wildman–Crippen LogP) is 9.00. The van der Waals surface area contributed by atoms with Gasteiger partial charge >= 0.3 is 0 Å². The molecule has 0 spiro atoms. The van der Waals surface area contributed by atoms with E-state index in [4.69, 9.17) is 13.8 Å². The lowest BCUT2D eigenvalue weighted by atomic mass is 9.84. The number of hydrogen-bond donors (Lipinski definition) is 0. The Labute approximate surface area is 268 Å². The van der Waals surface area contributed by atoms with Gasteiger partial charge in [0.25, 0.3) is 0 Å². The molecule has 2 unspecified atom stereocenters. The fourth-order valence-electron chi connectivity index (χ4n) is 8.38. The molecule has 0 amide bonds. The molecule has 1 aliphatic heterocycles. The number of fused-ring (bicyclic) bond motifs is 11. The minimum absolute atomic E-state index is 0.00690. The summed E-state index contributed by atoms with van der Waals surface area (Å²) in [6.45, 7) is 4.86. The molecule has 5 nitrogen and oxygen atoms in total. The Morgan fingerprint density at radius 1 is 0.756 bits per heavy atom. The maximum Gasteiger partial charge on any atom is 0.137 e. The van der Waals surface area contributed by atoms with Gasteiger partial charge < -0.3 is 9.64 Å². The van der Waals surface area contributed by atoms with Gasteiger partial charge in [-0.25, -0.2) is 4.98 Å². The average molecular weight is 594 g/mol. The highest BCUT2D eigenvalue weighted by molar-refractivity contribution is 6.09. The third-order valence-corrected chi connectivity index (χ3v) is 10.4. The molecular weight excluding hydrogens is 552 g/mol. The van der Waals surface area contributed by atoms with E-state index in [-0.39, 0.29) is 23.4 Å². The van der Waals surface area contributed by atoms with Crippen molar-refractivity contribution in [3.05, 3.63) is 126 Å². The highest BCUT2D eigenvalue weighted by Crippen LogP contribution is 2.58. The predicted molar refractivity (Wildman–Crippen MR) is 183 cm³/mol. The van der Waals surface area contributed by atoms with Crippen LogP contribution < -0.4 is 9.64 Å². The molecule has 2 aromatic heterocycles. The molecule has 2 bridgehead atoms. The van der Waals surface area contributed by atoms with Crippen LogP contribution in [0.1, 0.15) is 59.8 Å². The normalized spacial score (nSPS) is 23.6. The summed E-state index contributed by atoms with van der Waals surface area (Å²) in [6, 6.07) is 35.8. The van der Waals surface area contributed by atoms with E-state index in [1.165, 1.54) is 22.1 Å². The third-order valence-electron chi connectivity index (χ3n) is 10.4. The molecule has 1 saturated carbocycles. The number of benzene rings is 4. The first kappa shape index (κ1) is 23.7. The van der Waals surface area contributed by atoms with Crippen LogP contribution in [0.3, 0.4) is 0 Å². The molecule has 6 aromatic rings. The quantitative estimate of drug-likeness (QED) is 0.204. The van der Waals surface area contributed by atoms with Crippen LogP contribution in [0.5, 0.6) is 11.5 Å². The van der Waals surface area contributed by atoms with E-state index >= 15 is 0 Å². The van der Waals surface area contributed by atoms with Gasteiger partial charge in [0.2, 0.25) is 0 Å². The second-order valence-electron chi connectivity index (χ2n) is 13.9. The van der Waals surface area contributed by atoms with E-state index in [9.17, 15) is 0 Å². The maximum atomic E-state index is 8.42. The molecule has 2 aliphatic carbocycles. The SMILES string of the molecule is [2H]C([2H])([2H])N1CN(c2cccc(Oc3ccc4c5ccccc5n(-c5cc(C(C)(C)C)ccn5)c4c3)c2)C2C1[C@H]1C[C@@H]2c2ccccc21. The largest absolute Gasteiger partial charge is 0.457 e. The van der Waals surface area contributed by atoms with Crippen molar-refractivity contribution in [2.24, 2.45) is 0 Å². The molecule has 45 heavy (non-hydrogen) atoms. The van der Waals surface area contributed by atoms with Crippen LogP contribution in [0.25, 0.3) is 27.6 Å². The van der Waals surface area contributed by atoms with Gasteiger partial charge in [-0.1, -0.05) is 69.3 Å². The topological polar surface area (TPSA) is 33.5 Å². The molecule has 3 aliphatic rings. The van der Waals surface area contributed by atoms with E-state index in [1.54, 1.807) is 4.90 Å². The number of para-hydroxylation sites is 1. The summed E-state index contributed by atoms with van der Waals surface area (Å²) in [5, 5.41) is 2.30. The van der Waals surface area contributed by atoms with Crippen molar-refractivity contribution in [3.8, 4) is 17.3 Å². The van der Waals surface area contributed by atoms with Crippen molar-refractivity contribution < 1.29 is 8.85 Å². The minimum Gasteiger partial charge on any atom is -0.457 e. The summed E-state index contributed by atoms with van der Waals surface area (Å²) in [5.41, 5.74) is 7.03. The number of pyridine rings is 1. The molecule has 4 aromatic carbocycles. The third kappa shape index (κ3) is 4.07. The molecule has 5 heteroatoms. The van der Waals surface area contributed by atoms with Gasteiger partial charge in [-0.2, -0.15) is 0 Å². The Morgan fingerprint density at radius 2 is 1.51 bits per heavy atom. The number of rotatable bonds is 4. The zero-order valence-electron chi connectivity index (χ0n) is 28.8. The van der Waals surface area contributed by atoms with Gasteiger partial charge in [0.05, 0.1) is 23.7 Å². The molecular formula is C40H38N4O. The molecule has 0 N–H and O–H groups in total. The molecule has 0 radical (unpaired) electrons. The molecule has 2 fully saturated rings. The zero-order valence-corrected chi connectivity index (χ0v) is 25.8. The summed E-state index contributed by atoms with van der Waals surface area (Å²) >= 11 is 0. The Balaban J connectivity index is 1.09. The van der Waals surface area contributed by atoms with Crippen molar-refractivity contribution in [2.75, 3.05) is 18.5 Å². The van der Waals surface area contributed by atoms with Crippen LogP contribution in [0.2, 0.25) is 0 Å². The maximum absolute atomic E-state index is 8.42. The van der Waals surface area contributed by atoms with Gasteiger partial charge in [0.15, 0.2) is 0 Å². The highest BCUT2D eigenvalue weighted by atomic mass is 16.5. The van der Waals surface area contributed by atoms with E-state index in [0.717, 1.165) is 45.8 Å². The van der Waals surface area contributed by atoms with Gasteiger partial charge in [-0.3, -0.25) is 9.47 Å². The lowest BCUT2D eigenvalue weighted by Crippen LogP contribution is -2.40. The second kappa shape index (κ2) is 9.69. The fourth-order valence-corrected chi connectivity index (χ4v) is 8.38. The Hall–Kier alpha value is -4.61. The zero-order chi connectivity index (χ0) is 32.9. The Bertz CT molecular complexity index is 2220. The van der Waals surface area contributed by atoms with E-state index in [0.29, 0.717) is 12.6 Å². The second-order valence-corrected chi connectivity index (χ2v) is 13.9. The molecule has 1 saturated heterocycles. The summed E-state index contributed by atoms with van der Waals surface area (Å²) in [7, 11) is 0. The number of ether oxygens (including phenoxy) is 1. The molecule has 4 atom stereocenters. The van der Waals surface area contributed by atoms with Crippen molar-refractivity contribution in [3.63, 3.8) is 0 Å². The smallest absolute Gasteiger partial charge is 0.137 e. The van der Waals surface area contributed by atoms with Crippen LogP contribution in [-0.4, -0.2) is 40.2 Å². The summed E-state index contributed by atoms with van der Waals surface area (Å²) in [5.74, 6) is 2.87. The van der Waals surface area contributed by atoms with Crippen LogP contribution in [0, 0.1) is 0 Å². The summed E-state index contributed by atoms with van der Waals surface area (Å²) in [6.07, 6.45) is 2.89. The minimum atomic E-state index is -2.17. The van der Waals surface area contributed by atoms with E-state index in [2.05, 4.69) is 115 Å². The number of hydrogen-bond acceptors (Lipinski definition) is 4. The van der Waals surface area contributed by atoms with E-state index in [1.807, 2.05) is 24.4 Å². The number of likely N-dealkylation sites (N-methyl/N-ethyl adjacent to an activating group) is 1. The summed E-state index contributed by atoms with van der Waals surface area (Å²) in [4.78, 5) is 8.87. The first-order valence-electron chi connectivity index (χ1n) is 17.5. The average Bonchev–Trinajstić information content (AvgIpc) is 3.82.